The average Bonchev–Trinajstić information content (AvgIpc) is 2.48. The Bertz CT molecular complexity index is 516. The molecular weight excluding hydrogens is 281 g/mol. The topological polar surface area (TPSA) is 41.1 Å². The van der Waals surface area contributed by atoms with Gasteiger partial charge in [0.05, 0.1) is 5.69 Å². The monoisotopic (exact) mass is 300 g/mol. The van der Waals surface area contributed by atoms with Crippen LogP contribution in [0.25, 0.3) is 0 Å². The van der Waals surface area contributed by atoms with E-state index in [1.54, 1.807) is 6.92 Å². The molecule has 2 N–H and O–H groups in total. The van der Waals surface area contributed by atoms with Gasteiger partial charge in [0, 0.05) is 6.04 Å². The number of rotatable bonds is 4. The SMILES string of the molecule is CC(Nc1ccc(F)c(F)c1F)C(=O)NC1CCCCC1. The average molecular weight is 300 g/mol. The zero-order chi connectivity index (χ0) is 15.4. The van der Waals surface area contributed by atoms with Crippen LogP contribution in [0.1, 0.15) is 39.0 Å². The maximum absolute atomic E-state index is 13.5. The molecule has 0 aliphatic heterocycles. The van der Waals surface area contributed by atoms with Crippen LogP contribution in [0.5, 0.6) is 0 Å². The first-order valence-corrected chi connectivity index (χ1v) is 7.19. The van der Waals surface area contributed by atoms with Gasteiger partial charge < -0.3 is 10.6 Å². The normalized spacial score (nSPS) is 17.3. The first-order valence-electron chi connectivity index (χ1n) is 7.19. The first-order chi connectivity index (χ1) is 9.99. The molecular formula is C15H19F3N2O. The van der Waals surface area contributed by atoms with Gasteiger partial charge in [-0.2, -0.15) is 0 Å². The highest BCUT2D eigenvalue weighted by Crippen LogP contribution is 2.21. The maximum Gasteiger partial charge on any atom is 0.242 e. The van der Waals surface area contributed by atoms with E-state index in [1.807, 2.05) is 0 Å². The van der Waals surface area contributed by atoms with Crippen LogP contribution in [0, 0.1) is 17.5 Å². The predicted molar refractivity (Wildman–Crippen MR) is 74.4 cm³/mol. The zero-order valence-electron chi connectivity index (χ0n) is 11.9. The van der Waals surface area contributed by atoms with Crippen LogP contribution in [0.15, 0.2) is 12.1 Å². The number of carbonyl (C=O) groups is 1. The van der Waals surface area contributed by atoms with Crippen LogP contribution in [-0.4, -0.2) is 18.0 Å². The lowest BCUT2D eigenvalue weighted by Crippen LogP contribution is -2.44. The summed E-state index contributed by atoms with van der Waals surface area (Å²) >= 11 is 0. The summed E-state index contributed by atoms with van der Waals surface area (Å²) in [6.07, 6.45) is 5.24. The summed E-state index contributed by atoms with van der Waals surface area (Å²) in [5.41, 5.74) is -0.222. The lowest BCUT2D eigenvalue weighted by molar-refractivity contribution is -0.122. The van der Waals surface area contributed by atoms with Gasteiger partial charge in [0.25, 0.3) is 0 Å². The molecule has 0 bridgehead atoms. The third-order valence-electron chi connectivity index (χ3n) is 3.75. The largest absolute Gasteiger partial charge is 0.371 e. The standard InChI is InChI=1S/C15H19F3N2O/c1-9(15(21)20-10-5-3-2-4-6-10)19-12-8-7-11(16)13(17)14(12)18/h7-10,19H,2-6H2,1H3,(H,20,21). The molecule has 0 radical (unpaired) electrons. The van der Waals surface area contributed by atoms with Crippen molar-refractivity contribution < 1.29 is 18.0 Å². The number of nitrogens with one attached hydrogen (secondary N) is 2. The minimum absolute atomic E-state index is 0.144. The third-order valence-corrected chi connectivity index (χ3v) is 3.75. The highest BCUT2D eigenvalue weighted by Gasteiger charge is 2.21. The van der Waals surface area contributed by atoms with Crippen molar-refractivity contribution in [2.24, 2.45) is 0 Å². The fourth-order valence-electron chi connectivity index (χ4n) is 2.51. The number of amides is 1. The van der Waals surface area contributed by atoms with E-state index in [-0.39, 0.29) is 17.6 Å². The second-order valence-corrected chi connectivity index (χ2v) is 5.43. The van der Waals surface area contributed by atoms with E-state index in [0.717, 1.165) is 37.8 Å². The molecule has 1 aliphatic rings. The van der Waals surface area contributed by atoms with Gasteiger partial charge in [-0.1, -0.05) is 19.3 Å². The molecule has 1 saturated carbocycles. The molecule has 1 fully saturated rings. The molecule has 0 aromatic heterocycles. The van der Waals surface area contributed by atoms with Gasteiger partial charge in [-0.05, 0) is 31.9 Å². The lowest BCUT2D eigenvalue weighted by atomic mass is 9.95. The van der Waals surface area contributed by atoms with Crippen LogP contribution in [-0.2, 0) is 4.79 Å². The summed E-state index contributed by atoms with van der Waals surface area (Å²) in [6.45, 7) is 1.55. The Morgan fingerprint density at radius 2 is 1.81 bits per heavy atom. The molecule has 0 saturated heterocycles. The zero-order valence-corrected chi connectivity index (χ0v) is 11.9. The lowest BCUT2D eigenvalue weighted by Gasteiger charge is -2.25. The number of benzene rings is 1. The summed E-state index contributed by atoms with van der Waals surface area (Å²) in [5.74, 6) is -4.38. The second-order valence-electron chi connectivity index (χ2n) is 5.43. The van der Waals surface area contributed by atoms with Gasteiger partial charge in [0.2, 0.25) is 5.91 Å². The van der Waals surface area contributed by atoms with Gasteiger partial charge in [-0.15, -0.1) is 0 Å². The van der Waals surface area contributed by atoms with Crippen molar-refractivity contribution in [3.8, 4) is 0 Å². The van der Waals surface area contributed by atoms with E-state index >= 15 is 0 Å². The summed E-state index contributed by atoms with van der Waals surface area (Å²) in [4.78, 5) is 12.0. The van der Waals surface area contributed by atoms with E-state index in [4.69, 9.17) is 0 Å². The maximum atomic E-state index is 13.5. The summed E-state index contributed by atoms with van der Waals surface area (Å²) in [6, 6.07) is 1.32. The van der Waals surface area contributed by atoms with E-state index in [9.17, 15) is 18.0 Å². The predicted octanol–water partition coefficient (Wildman–Crippen LogP) is 3.35. The molecule has 6 heteroatoms. The number of anilines is 1. The van der Waals surface area contributed by atoms with Crippen LogP contribution in [0.3, 0.4) is 0 Å². The first kappa shape index (κ1) is 15.7. The summed E-state index contributed by atoms with van der Waals surface area (Å²) in [7, 11) is 0. The van der Waals surface area contributed by atoms with Crippen molar-refractivity contribution in [3.05, 3.63) is 29.6 Å². The molecule has 116 valence electrons. The van der Waals surface area contributed by atoms with Crippen LogP contribution >= 0.6 is 0 Å². The van der Waals surface area contributed by atoms with E-state index in [0.29, 0.717) is 0 Å². The molecule has 2 rings (SSSR count). The number of carbonyl (C=O) groups excluding carboxylic acids is 1. The van der Waals surface area contributed by atoms with E-state index in [1.165, 1.54) is 6.42 Å². The van der Waals surface area contributed by atoms with Crippen molar-refractivity contribution >= 4 is 11.6 Å². The molecule has 21 heavy (non-hydrogen) atoms. The van der Waals surface area contributed by atoms with Crippen LogP contribution in [0.2, 0.25) is 0 Å². The summed E-state index contributed by atoms with van der Waals surface area (Å²) < 4.78 is 39.5. The number of hydrogen-bond acceptors (Lipinski definition) is 2. The molecule has 0 spiro atoms. The minimum Gasteiger partial charge on any atom is -0.371 e. The Labute approximate surface area is 121 Å². The van der Waals surface area contributed by atoms with Crippen molar-refractivity contribution in [3.63, 3.8) is 0 Å². The van der Waals surface area contributed by atoms with E-state index < -0.39 is 23.5 Å². The molecule has 1 aromatic carbocycles. The van der Waals surface area contributed by atoms with Gasteiger partial charge in [-0.3, -0.25) is 4.79 Å². The quantitative estimate of drug-likeness (QED) is 0.837. The molecule has 1 amide bonds. The van der Waals surface area contributed by atoms with Gasteiger partial charge in [-0.25, -0.2) is 13.2 Å². The Morgan fingerprint density at radius 3 is 2.48 bits per heavy atom. The Balaban J connectivity index is 1.95. The van der Waals surface area contributed by atoms with Gasteiger partial charge in [0.15, 0.2) is 17.5 Å². The molecule has 3 nitrogen and oxygen atoms in total. The van der Waals surface area contributed by atoms with Crippen molar-refractivity contribution in [2.75, 3.05) is 5.32 Å². The summed E-state index contributed by atoms with van der Waals surface area (Å²) in [5, 5.41) is 5.47. The third kappa shape index (κ3) is 3.89. The Morgan fingerprint density at radius 1 is 1.14 bits per heavy atom. The van der Waals surface area contributed by atoms with E-state index in [2.05, 4.69) is 10.6 Å². The van der Waals surface area contributed by atoms with Crippen LogP contribution in [0.4, 0.5) is 18.9 Å². The number of hydrogen-bond donors (Lipinski definition) is 2. The molecule has 1 unspecified atom stereocenters. The Hall–Kier alpha value is -1.72. The highest BCUT2D eigenvalue weighted by molar-refractivity contribution is 5.84. The fourth-order valence-corrected chi connectivity index (χ4v) is 2.51. The van der Waals surface area contributed by atoms with Crippen LogP contribution < -0.4 is 10.6 Å². The highest BCUT2D eigenvalue weighted by atomic mass is 19.2. The fraction of sp³-hybridized carbons (Fsp3) is 0.533. The molecule has 0 heterocycles. The minimum atomic E-state index is -1.54. The molecule has 1 aromatic rings. The Kier molecular flexibility index (Phi) is 5.09. The van der Waals surface area contributed by atoms with Gasteiger partial charge in [0.1, 0.15) is 6.04 Å². The smallest absolute Gasteiger partial charge is 0.242 e. The van der Waals surface area contributed by atoms with Crippen molar-refractivity contribution in [2.45, 2.75) is 51.1 Å². The van der Waals surface area contributed by atoms with Crippen molar-refractivity contribution in [1.82, 2.24) is 5.32 Å². The second kappa shape index (κ2) is 6.83. The molecule has 1 atom stereocenters. The van der Waals surface area contributed by atoms with Crippen molar-refractivity contribution in [1.29, 1.82) is 0 Å². The number of halogens is 3. The molecule has 1 aliphatic carbocycles. The van der Waals surface area contributed by atoms with Gasteiger partial charge >= 0.3 is 0 Å².